The molecule has 1 aliphatic heterocycles. The van der Waals surface area contributed by atoms with Crippen molar-refractivity contribution < 1.29 is 9.13 Å². The van der Waals surface area contributed by atoms with Gasteiger partial charge in [0.05, 0.1) is 22.9 Å². The summed E-state index contributed by atoms with van der Waals surface area (Å²) in [5.74, 6) is 0.636. The predicted molar refractivity (Wildman–Crippen MR) is 88.5 cm³/mol. The molecule has 0 radical (unpaired) electrons. The zero-order valence-corrected chi connectivity index (χ0v) is 12.9. The van der Waals surface area contributed by atoms with Crippen LogP contribution in [-0.2, 0) is 4.74 Å². The van der Waals surface area contributed by atoms with Crippen molar-refractivity contribution in [2.24, 2.45) is 0 Å². The maximum Gasteiger partial charge on any atom is 0.237 e. The molecule has 24 heavy (non-hydrogen) atoms. The highest BCUT2D eigenvalue weighted by molar-refractivity contribution is 5.77. The first-order chi connectivity index (χ1) is 11.7. The summed E-state index contributed by atoms with van der Waals surface area (Å²) in [6, 6.07) is 4.68. The van der Waals surface area contributed by atoms with Gasteiger partial charge < -0.3 is 15.8 Å². The van der Waals surface area contributed by atoms with Crippen molar-refractivity contribution in [2.75, 3.05) is 24.3 Å². The Morgan fingerprint density at radius 1 is 1.25 bits per heavy atom. The lowest BCUT2D eigenvalue weighted by molar-refractivity contribution is 0.0904. The van der Waals surface area contributed by atoms with Gasteiger partial charge in [-0.2, -0.15) is 4.98 Å². The molecule has 4 rings (SSSR count). The van der Waals surface area contributed by atoms with E-state index >= 15 is 0 Å². The molecular weight excluding hydrogens is 311 g/mol. The van der Waals surface area contributed by atoms with Crippen LogP contribution in [0.1, 0.15) is 12.8 Å². The second-order valence-electron chi connectivity index (χ2n) is 5.75. The standard InChI is InChI=1S/C16H17FN6O/c17-10-1-2-13-14(7-10)23(9-20-13)16-19-8-12(18)15(22-16)21-11-3-5-24-6-4-11/h1-2,7-9,11H,3-6,18H2,(H,19,21,22). The maximum atomic E-state index is 13.5. The minimum absolute atomic E-state index is 0.265. The van der Waals surface area contributed by atoms with Crippen LogP contribution < -0.4 is 11.1 Å². The molecule has 1 aliphatic rings. The Kier molecular flexibility index (Phi) is 3.73. The van der Waals surface area contributed by atoms with Gasteiger partial charge >= 0.3 is 0 Å². The van der Waals surface area contributed by atoms with Crippen molar-refractivity contribution in [3.63, 3.8) is 0 Å². The number of aromatic nitrogens is 4. The molecule has 124 valence electrons. The molecule has 0 saturated carbocycles. The van der Waals surface area contributed by atoms with Gasteiger partial charge in [-0.1, -0.05) is 0 Å². The summed E-state index contributed by atoms with van der Waals surface area (Å²) in [7, 11) is 0. The van der Waals surface area contributed by atoms with E-state index in [2.05, 4.69) is 20.3 Å². The normalized spacial score (nSPS) is 15.7. The van der Waals surface area contributed by atoms with Crippen LogP contribution in [0.5, 0.6) is 0 Å². The number of benzene rings is 1. The van der Waals surface area contributed by atoms with Gasteiger partial charge in [0.2, 0.25) is 5.95 Å². The fourth-order valence-electron chi connectivity index (χ4n) is 2.79. The van der Waals surface area contributed by atoms with E-state index in [1.54, 1.807) is 23.2 Å². The summed E-state index contributed by atoms with van der Waals surface area (Å²) in [5.41, 5.74) is 7.75. The molecule has 3 N–H and O–H groups in total. The van der Waals surface area contributed by atoms with E-state index in [4.69, 9.17) is 10.5 Å². The van der Waals surface area contributed by atoms with Crippen molar-refractivity contribution in [2.45, 2.75) is 18.9 Å². The zero-order chi connectivity index (χ0) is 16.5. The smallest absolute Gasteiger partial charge is 0.237 e. The lowest BCUT2D eigenvalue weighted by Gasteiger charge is -2.24. The summed E-state index contributed by atoms with van der Waals surface area (Å²) in [6.07, 6.45) is 4.93. The molecule has 8 heteroatoms. The van der Waals surface area contributed by atoms with E-state index in [1.807, 2.05) is 0 Å². The van der Waals surface area contributed by atoms with E-state index in [9.17, 15) is 4.39 Å². The number of rotatable bonds is 3. The van der Waals surface area contributed by atoms with Gasteiger partial charge in [-0.25, -0.2) is 14.4 Å². The lowest BCUT2D eigenvalue weighted by Crippen LogP contribution is -2.28. The average molecular weight is 328 g/mol. The van der Waals surface area contributed by atoms with Gasteiger partial charge in [0.15, 0.2) is 5.82 Å². The number of anilines is 2. The second kappa shape index (κ2) is 6.04. The molecule has 1 aromatic carbocycles. The first kappa shape index (κ1) is 14.8. The monoisotopic (exact) mass is 328 g/mol. The summed E-state index contributed by atoms with van der Waals surface area (Å²) >= 11 is 0. The number of nitrogens with two attached hydrogens (primary N) is 1. The fraction of sp³-hybridized carbons (Fsp3) is 0.312. The first-order valence-corrected chi connectivity index (χ1v) is 7.80. The van der Waals surface area contributed by atoms with E-state index in [1.165, 1.54) is 12.1 Å². The third kappa shape index (κ3) is 2.76. The third-order valence-corrected chi connectivity index (χ3v) is 4.09. The highest BCUT2D eigenvalue weighted by Crippen LogP contribution is 2.22. The Balaban J connectivity index is 1.70. The Bertz CT molecular complexity index is 874. The number of nitrogen functional groups attached to an aromatic ring is 1. The highest BCUT2D eigenvalue weighted by Gasteiger charge is 2.17. The van der Waals surface area contributed by atoms with Crippen LogP contribution in [0, 0.1) is 5.82 Å². The topological polar surface area (TPSA) is 90.9 Å². The molecule has 0 unspecified atom stereocenters. The van der Waals surface area contributed by atoms with Crippen LogP contribution in [-0.4, -0.2) is 38.8 Å². The predicted octanol–water partition coefficient (Wildman–Crippen LogP) is 2.13. The number of nitrogens with zero attached hydrogens (tertiary/aromatic N) is 4. The van der Waals surface area contributed by atoms with Gasteiger partial charge in [-0.05, 0) is 25.0 Å². The van der Waals surface area contributed by atoms with Crippen molar-refractivity contribution in [1.29, 1.82) is 0 Å². The minimum Gasteiger partial charge on any atom is -0.394 e. The van der Waals surface area contributed by atoms with Gasteiger partial charge in [0.25, 0.3) is 0 Å². The number of fused-ring (bicyclic) bond motifs is 1. The molecule has 3 aromatic rings. The van der Waals surface area contributed by atoms with Crippen LogP contribution in [0.3, 0.4) is 0 Å². The van der Waals surface area contributed by atoms with Crippen LogP contribution in [0.25, 0.3) is 17.0 Å². The number of nitrogens with one attached hydrogen (secondary N) is 1. The number of ether oxygens (including phenoxy) is 1. The number of hydrogen-bond acceptors (Lipinski definition) is 6. The summed E-state index contributed by atoms with van der Waals surface area (Å²) in [5, 5.41) is 3.35. The largest absolute Gasteiger partial charge is 0.394 e. The minimum atomic E-state index is -0.333. The van der Waals surface area contributed by atoms with Crippen LogP contribution in [0.15, 0.2) is 30.7 Å². The molecule has 0 aliphatic carbocycles. The van der Waals surface area contributed by atoms with Gasteiger partial charge in [0, 0.05) is 25.3 Å². The quantitative estimate of drug-likeness (QED) is 0.765. The average Bonchev–Trinajstić information content (AvgIpc) is 3.01. The molecule has 2 aromatic heterocycles. The van der Waals surface area contributed by atoms with Crippen molar-refractivity contribution in [1.82, 2.24) is 19.5 Å². The van der Waals surface area contributed by atoms with E-state index in [-0.39, 0.29) is 11.9 Å². The summed E-state index contributed by atoms with van der Waals surface area (Å²) in [6.45, 7) is 1.45. The van der Waals surface area contributed by atoms with Gasteiger partial charge in [-0.3, -0.25) is 4.57 Å². The molecule has 1 saturated heterocycles. The molecular formula is C16H17FN6O. The van der Waals surface area contributed by atoms with E-state index in [0.29, 0.717) is 28.5 Å². The molecule has 0 amide bonds. The third-order valence-electron chi connectivity index (χ3n) is 4.09. The van der Waals surface area contributed by atoms with E-state index < -0.39 is 0 Å². The number of hydrogen-bond donors (Lipinski definition) is 2. The summed E-state index contributed by atoms with van der Waals surface area (Å²) < 4.78 is 20.5. The summed E-state index contributed by atoms with van der Waals surface area (Å²) in [4.78, 5) is 13.0. The molecule has 3 heterocycles. The van der Waals surface area contributed by atoms with Crippen LogP contribution >= 0.6 is 0 Å². The SMILES string of the molecule is Nc1cnc(-n2cnc3ccc(F)cc32)nc1NC1CCOCC1. The fourth-order valence-corrected chi connectivity index (χ4v) is 2.79. The Labute approximate surface area is 137 Å². The van der Waals surface area contributed by atoms with Crippen LogP contribution in [0.4, 0.5) is 15.9 Å². The molecule has 1 fully saturated rings. The lowest BCUT2D eigenvalue weighted by atomic mass is 10.1. The maximum absolute atomic E-state index is 13.5. The first-order valence-electron chi connectivity index (χ1n) is 7.80. The highest BCUT2D eigenvalue weighted by atomic mass is 19.1. The Hall–Kier alpha value is -2.74. The van der Waals surface area contributed by atoms with E-state index in [0.717, 1.165) is 26.1 Å². The van der Waals surface area contributed by atoms with Crippen molar-refractivity contribution >= 4 is 22.5 Å². The number of imidazole rings is 1. The zero-order valence-electron chi connectivity index (χ0n) is 12.9. The molecule has 0 atom stereocenters. The van der Waals surface area contributed by atoms with Gasteiger partial charge in [0.1, 0.15) is 12.1 Å². The molecule has 0 spiro atoms. The Morgan fingerprint density at radius 3 is 2.92 bits per heavy atom. The molecule has 0 bridgehead atoms. The Morgan fingerprint density at radius 2 is 2.08 bits per heavy atom. The second-order valence-corrected chi connectivity index (χ2v) is 5.75. The number of halogens is 1. The molecule has 7 nitrogen and oxygen atoms in total. The van der Waals surface area contributed by atoms with Crippen molar-refractivity contribution in [3.05, 3.63) is 36.5 Å². The van der Waals surface area contributed by atoms with Gasteiger partial charge in [-0.15, -0.1) is 0 Å². The van der Waals surface area contributed by atoms with Crippen molar-refractivity contribution in [3.8, 4) is 5.95 Å². The van der Waals surface area contributed by atoms with Crippen LogP contribution in [0.2, 0.25) is 0 Å².